The number of rotatable bonds is 2. The smallest absolute Gasteiger partial charge is 0.456 e. The largest absolute Gasteiger partial charge is 0.492 e. The summed E-state index contributed by atoms with van der Waals surface area (Å²) in [6, 6.07) is 49.4. The lowest BCUT2D eigenvalue weighted by atomic mass is 9.70. The maximum atomic E-state index is 10.4. The Kier molecular flexibility index (Phi) is 4.90. The molecule has 0 fully saturated rings. The Labute approximate surface area is 259 Å². The van der Waals surface area contributed by atoms with Crippen molar-refractivity contribution in [2.24, 2.45) is 0 Å². The fourth-order valence-corrected chi connectivity index (χ4v) is 8.36. The van der Waals surface area contributed by atoms with E-state index in [1.54, 1.807) is 0 Å². The molecular weight excluding hydrogens is 551 g/mol. The number of fused-ring (bicyclic) bond motifs is 15. The fraction of sp³-hybridized carbons (Fsp3) is 0.0244. The number of hydrogen-bond donors (Lipinski definition) is 2. The molecule has 0 aliphatic heterocycles. The number of hydrogen-bond acceptors (Lipinski definition) is 3. The number of furan rings is 1. The lowest BCUT2D eigenvalue weighted by Gasteiger charge is -2.30. The van der Waals surface area contributed by atoms with Crippen molar-refractivity contribution in [2.45, 2.75) is 5.41 Å². The second kappa shape index (κ2) is 8.83. The van der Waals surface area contributed by atoms with Crippen molar-refractivity contribution in [3.8, 4) is 33.4 Å². The summed E-state index contributed by atoms with van der Waals surface area (Å²) in [4.78, 5) is 0. The molecular formula is C41H25BO3. The molecule has 2 aliphatic rings. The predicted molar refractivity (Wildman–Crippen MR) is 183 cm³/mol. The van der Waals surface area contributed by atoms with Crippen LogP contribution in [0.3, 0.4) is 0 Å². The minimum atomic E-state index is -1.65. The molecule has 8 aromatic rings. The second-order valence-corrected chi connectivity index (χ2v) is 12.2. The summed E-state index contributed by atoms with van der Waals surface area (Å²) in [6.45, 7) is 0. The maximum Gasteiger partial charge on any atom is 0.492 e. The molecule has 210 valence electrons. The van der Waals surface area contributed by atoms with Crippen molar-refractivity contribution >= 4 is 45.3 Å². The summed E-state index contributed by atoms with van der Waals surface area (Å²) in [5.41, 5.74) is 13.5. The first-order valence-corrected chi connectivity index (χ1v) is 15.3. The number of benzene rings is 7. The quantitative estimate of drug-likeness (QED) is 0.203. The van der Waals surface area contributed by atoms with Gasteiger partial charge in [0.2, 0.25) is 0 Å². The average molecular weight is 576 g/mol. The van der Waals surface area contributed by atoms with Crippen molar-refractivity contribution in [3.63, 3.8) is 0 Å². The van der Waals surface area contributed by atoms with Gasteiger partial charge in [-0.1, -0.05) is 133 Å². The van der Waals surface area contributed by atoms with Crippen LogP contribution in [0.2, 0.25) is 0 Å². The van der Waals surface area contributed by atoms with Crippen LogP contribution in [0.1, 0.15) is 22.3 Å². The molecule has 0 amide bonds. The molecule has 0 radical (unpaired) electrons. The van der Waals surface area contributed by atoms with E-state index in [2.05, 4.69) is 115 Å². The van der Waals surface area contributed by atoms with Crippen molar-refractivity contribution in [2.75, 3.05) is 0 Å². The molecule has 0 unspecified atom stereocenters. The van der Waals surface area contributed by atoms with Gasteiger partial charge in [-0.3, -0.25) is 0 Å². The first-order valence-electron chi connectivity index (χ1n) is 15.3. The highest BCUT2D eigenvalue weighted by Crippen LogP contribution is 2.63. The van der Waals surface area contributed by atoms with E-state index < -0.39 is 12.5 Å². The summed E-state index contributed by atoms with van der Waals surface area (Å²) < 4.78 is 6.63. The highest BCUT2D eigenvalue weighted by molar-refractivity contribution is 6.62. The highest BCUT2D eigenvalue weighted by Gasteiger charge is 2.51. The molecule has 4 heteroatoms. The van der Waals surface area contributed by atoms with Gasteiger partial charge < -0.3 is 14.5 Å². The Morgan fingerprint density at radius 3 is 1.69 bits per heavy atom. The molecule has 0 bridgehead atoms. The molecule has 0 atom stereocenters. The first-order chi connectivity index (χ1) is 22.2. The van der Waals surface area contributed by atoms with Gasteiger partial charge in [0.25, 0.3) is 0 Å². The summed E-state index contributed by atoms with van der Waals surface area (Å²) in [5, 5.41) is 24.5. The minimum Gasteiger partial charge on any atom is -0.456 e. The van der Waals surface area contributed by atoms with Crippen molar-refractivity contribution < 1.29 is 14.5 Å². The van der Waals surface area contributed by atoms with Crippen molar-refractivity contribution in [3.05, 3.63) is 162 Å². The Morgan fingerprint density at radius 2 is 1.02 bits per heavy atom. The lowest BCUT2D eigenvalue weighted by molar-refractivity contribution is 0.425. The first kappa shape index (κ1) is 25.0. The van der Waals surface area contributed by atoms with Crippen LogP contribution in [-0.4, -0.2) is 17.2 Å². The van der Waals surface area contributed by atoms with E-state index in [0.29, 0.717) is 11.0 Å². The van der Waals surface area contributed by atoms with Crippen LogP contribution in [-0.2, 0) is 5.41 Å². The molecule has 2 N–H and O–H groups in total. The van der Waals surface area contributed by atoms with Gasteiger partial charge in [-0.15, -0.1) is 0 Å². The molecule has 2 aliphatic carbocycles. The molecule has 1 aromatic heterocycles. The molecule has 0 saturated carbocycles. The van der Waals surface area contributed by atoms with Crippen LogP contribution in [0.4, 0.5) is 0 Å². The zero-order chi connectivity index (χ0) is 29.9. The molecule has 0 saturated heterocycles. The predicted octanol–water partition coefficient (Wildman–Crippen LogP) is 8.43. The van der Waals surface area contributed by atoms with Gasteiger partial charge in [-0.25, -0.2) is 0 Å². The van der Waals surface area contributed by atoms with Crippen molar-refractivity contribution in [1.29, 1.82) is 0 Å². The van der Waals surface area contributed by atoms with Crippen LogP contribution >= 0.6 is 0 Å². The second-order valence-electron chi connectivity index (χ2n) is 12.2. The van der Waals surface area contributed by atoms with E-state index in [-0.39, 0.29) is 0 Å². The molecule has 1 spiro atoms. The Morgan fingerprint density at radius 1 is 0.467 bits per heavy atom. The third kappa shape index (κ3) is 3.08. The van der Waals surface area contributed by atoms with Gasteiger partial charge >= 0.3 is 7.12 Å². The van der Waals surface area contributed by atoms with E-state index in [1.165, 1.54) is 44.5 Å². The standard InChI is InChI=1S/C41H25BO3/c43-42(44)37-23-24-10-1-2-11-26(24)38-32-16-9-15-27(39(32)45-40(37)38)25-20-21-31-30-14-5-8-19-35(30)41(36(31)22-25)33-17-6-3-12-28(33)29-13-4-7-18-34(29)41/h1-23,43-44H. The van der Waals surface area contributed by atoms with E-state index in [0.717, 1.165) is 38.3 Å². The van der Waals surface area contributed by atoms with Gasteiger partial charge in [0.15, 0.2) is 0 Å². The Balaban J connectivity index is 1.29. The monoisotopic (exact) mass is 576 g/mol. The highest BCUT2D eigenvalue weighted by atomic mass is 16.4. The average Bonchev–Trinajstić information content (AvgIpc) is 3.72. The third-order valence-electron chi connectivity index (χ3n) is 10.1. The minimum absolute atomic E-state index is 0.369. The fourth-order valence-electron chi connectivity index (χ4n) is 8.36. The van der Waals surface area contributed by atoms with Gasteiger partial charge in [0.1, 0.15) is 11.2 Å². The summed E-state index contributed by atoms with van der Waals surface area (Å²) in [7, 11) is -1.65. The lowest BCUT2D eigenvalue weighted by Crippen LogP contribution is -2.30. The molecule has 10 rings (SSSR count). The normalized spacial score (nSPS) is 13.7. The number of para-hydroxylation sites is 1. The SMILES string of the molecule is OB(O)c1cc2ccccc2c2c1oc1c(-c3ccc4c(c3)C3(c5ccccc5-c5ccccc53)c3ccccc3-4)cccc12. The van der Waals surface area contributed by atoms with E-state index >= 15 is 0 Å². The molecule has 1 heterocycles. The van der Waals surface area contributed by atoms with Gasteiger partial charge in [0.05, 0.1) is 5.41 Å². The summed E-state index contributed by atoms with van der Waals surface area (Å²) in [6.07, 6.45) is 0. The Bertz CT molecular complexity index is 2480. The zero-order valence-electron chi connectivity index (χ0n) is 24.2. The van der Waals surface area contributed by atoms with Crippen LogP contribution in [0.5, 0.6) is 0 Å². The van der Waals surface area contributed by atoms with Crippen LogP contribution < -0.4 is 5.46 Å². The zero-order valence-corrected chi connectivity index (χ0v) is 24.2. The maximum absolute atomic E-state index is 10.4. The van der Waals surface area contributed by atoms with Gasteiger partial charge in [-0.05, 0) is 66.9 Å². The third-order valence-corrected chi connectivity index (χ3v) is 10.1. The van der Waals surface area contributed by atoms with E-state index in [4.69, 9.17) is 4.42 Å². The van der Waals surface area contributed by atoms with Gasteiger partial charge in [-0.2, -0.15) is 0 Å². The van der Waals surface area contributed by atoms with Gasteiger partial charge in [0, 0.05) is 21.8 Å². The van der Waals surface area contributed by atoms with Crippen LogP contribution in [0.15, 0.2) is 144 Å². The summed E-state index contributed by atoms with van der Waals surface area (Å²) in [5.74, 6) is 0. The molecule has 7 aromatic carbocycles. The summed E-state index contributed by atoms with van der Waals surface area (Å²) >= 11 is 0. The van der Waals surface area contributed by atoms with E-state index in [1.807, 2.05) is 24.3 Å². The molecule has 3 nitrogen and oxygen atoms in total. The van der Waals surface area contributed by atoms with Crippen LogP contribution in [0, 0.1) is 0 Å². The Hall–Kier alpha value is -5.42. The topological polar surface area (TPSA) is 53.6 Å². The van der Waals surface area contributed by atoms with E-state index in [9.17, 15) is 10.0 Å². The van der Waals surface area contributed by atoms with Crippen molar-refractivity contribution in [1.82, 2.24) is 0 Å². The van der Waals surface area contributed by atoms with Crippen LogP contribution in [0.25, 0.3) is 66.1 Å². The molecule has 45 heavy (non-hydrogen) atoms.